The van der Waals surface area contributed by atoms with Gasteiger partial charge in [0, 0.05) is 18.7 Å². The Hall–Kier alpha value is -3.15. The van der Waals surface area contributed by atoms with Gasteiger partial charge in [-0.2, -0.15) is 14.6 Å². The van der Waals surface area contributed by atoms with Crippen molar-refractivity contribution in [2.45, 2.75) is 43.5 Å². The molecule has 0 spiro atoms. The SMILES string of the molecule is CC(Nc1oc(-c2ccc(S(=O)(=O)N3CCCCCC3)cc2)nc1C#N)c1ccccc1. The van der Waals surface area contributed by atoms with Gasteiger partial charge in [-0.05, 0) is 49.6 Å². The van der Waals surface area contributed by atoms with Gasteiger partial charge in [0.05, 0.1) is 10.9 Å². The highest BCUT2D eigenvalue weighted by Gasteiger charge is 2.25. The number of nitriles is 1. The van der Waals surface area contributed by atoms with E-state index in [2.05, 4.69) is 16.4 Å². The molecule has 7 nitrogen and oxygen atoms in total. The van der Waals surface area contributed by atoms with Crippen LogP contribution in [0.1, 0.15) is 49.9 Å². The molecule has 0 aliphatic carbocycles. The minimum absolute atomic E-state index is 0.0785. The normalized spacial score (nSPS) is 16.1. The van der Waals surface area contributed by atoms with Crippen LogP contribution in [0.25, 0.3) is 11.5 Å². The Morgan fingerprint density at radius 3 is 2.31 bits per heavy atom. The van der Waals surface area contributed by atoms with Gasteiger partial charge in [-0.15, -0.1) is 0 Å². The van der Waals surface area contributed by atoms with E-state index in [1.54, 1.807) is 28.6 Å². The molecule has 166 valence electrons. The first-order valence-corrected chi connectivity index (χ1v) is 12.3. The van der Waals surface area contributed by atoms with Gasteiger partial charge in [0.15, 0.2) is 0 Å². The number of nitrogens with one attached hydrogen (secondary N) is 1. The summed E-state index contributed by atoms with van der Waals surface area (Å²) in [6, 6.07) is 18.3. The number of hydrogen-bond acceptors (Lipinski definition) is 6. The van der Waals surface area contributed by atoms with E-state index in [0.29, 0.717) is 24.5 Å². The van der Waals surface area contributed by atoms with Crippen molar-refractivity contribution in [3.05, 3.63) is 65.9 Å². The lowest BCUT2D eigenvalue weighted by molar-refractivity contribution is 0.423. The first kappa shape index (κ1) is 22.1. The van der Waals surface area contributed by atoms with Crippen LogP contribution in [0, 0.1) is 11.3 Å². The molecule has 1 fully saturated rings. The van der Waals surface area contributed by atoms with Crippen LogP contribution in [0.3, 0.4) is 0 Å². The fourth-order valence-electron chi connectivity index (χ4n) is 3.84. The summed E-state index contributed by atoms with van der Waals surface area (Å²) in [5, 5.41) is 12.7. The van der Waals surface area contributed by atoms with E-state index in [4.69, 9.17) is 4.42 Å². The smallest absolute Gasteiger partial charge is 0.243 e. The maximum absolute atomic E-state index is 13.0. The van der Waals surface area contributed by atoms with Gasteiger partial charge in [0.25, 0.3) is 0 Å². The Bertz CT molecular complexity index is 1190. The Morgan fingerprint density at radius 1 is 1.03 bits per heavy atom. The molecular formula is C24H26N4O3S. The molecule has 32 heavy (non-hydrogen) atoms. The van der Waals surface area contributed by atoms with Crippen LogP contribution < -0.4 is 5.32 Å². The molecule has 1 aromatic heterocycles. The molecule has 1 aliphatic rings. The summed E-state index contributed by atoms with van der Waals surface area (Å²) >= 11 is 0. The number of benzene rings is 2. The number of rotatable bonds is 6. The predicted octanol–water partition coefficient (Wildman–Crippen LogP) is 4.95. The Balaban J connectivity index is 1.55. The summed E-state index contributed by atoms with van der Waals surface area (Å²) in [6.45, 7) is 3.09. The topological polar surface area (TPSA) is 99.2 Å². The van der Waals surface area contributed by atoms with Crippen molar-refractivity contribution in [3.8, 4) is 17.5 Å². The lowest BCUT2D eigenvalue weighted by Crippen LogP contribution is -2.31. The third-order valence-electron chi connectivity index (χ3n) is 5.68. The molecule has 4 rings (SSSR count). The van der Waals surface area contributed by atoms with Crippen molar-refractivity contribution >= 4 is 15.9 Å². The van der Waals surface area contributed by atoms with E-state index in [9.17, 15) is 13.7 Å². The van der Waals surface area contributed by atoms with E-state index in [1.165, 1.54) is 0 Å². The summed E-state index contributed by atoms with van der Waals surface area (Å²) in [6.07, 6.45) is 3.91. The lowest BCUT2D eigenvalue weighted by Gasteiger charge is -2.19. The molecule has 1 aliphatic heterocycles. The summed E-state index contributed by atoms with van der Waals surface area (Å²) in [5.74, 6) is 0.558. The number of anilines is 1. The molecule has 0 bridgehead atoms. The van der Waals surface area contributed by atoms with Gasteiger partial charge in [-0.3, -0.25) is 0 Å². The zero-order valence-electron chi connectivity index (χ0n) is 18.0. The number of oxazole rings is 1. The summed E-state index contributed by atoms with van der Waals surface area (Å²) in [7, 11) is -3.52. The van der Waals surface area contributed by atoms with Crippen molar-refractivity contribution in [2.75, 3.05) is 18.4 Å². The van der Waals surface area contributed by atoms with Crippen LogP contribution in [-0.4, -0.2) is 30.8 Å². The summed E-state index contributed by atoms with van der Waals surface area (Å²) < 4.78 is 33.4. The molecule has 8 heteroatoms. The summed E-state index contributed by atoms with van der Waals surface area (Å²) in [4.78, 5) is 4.55. The highest BCUT2D eigenvalue weighted by molar-refractivity contribution is 7.89. The van der Waals surface area contributed by atoms with Crippen LogP contribution in [0.2, 0.25) is 0 Å². The van der Waals surface area contributed by atoms with Crippen LogP contribution >= 0.6 is 0 Å². The van der Waals surface area contributed by atoms with Crippen molar-refractivity contribution in [1.29, 1.82) is 5.26 Å². The molecule has 2 aromatic carbocycles. The third kappa shape index (κ3) is 4.69. The largest absolute Gasteiger partial charge is 0.419 e. The van der Waals surface area contributed by atoms with E-state index < -0.39 is 10.0 Å². The van der Waals surface area contributed by atoms with E-state index in [0.717, 1.165) is 31.2 Å². The number of aromatic nitrogens is 1. The van der Waals surface area contributed by atoms with Gasteiger partial charge in [-0.1, -0.05) is 43.2 Å². The first-order valence-electron chi connectivity index (χ1n) is 10.8. The molecule has 1 saturated heterocycles. The third-order valence-corrected chi connectivity index (χ3v) is 7.60. The molecule has 2 heterocycles. The number of hydrogen-bond donors (Lipinski definition) is 1. The number of nitrogens with zero attached hydrogens (tertiary/aromatic N) is 3. The van der Waals surface area contributed by atoms with E-state index in [1.807, 2.05) is 37.3 Å². The minimum atomic E-state index is -3.52. The average molecular weight is 451 g/mol. The molecule has 1 atom stereocenters. The second-order valence-electron chi connectivity index (χ2n) is 7.93. The van der Waals surface area contributed by atoms with Crippen molar-refractivity contribution in [3.63, 3.8) is 0 Å². The number of sulfonamides is 1. The molecule has 1 N–H and O–H groups in total. The van der Waals surface area contributed by atoms with E-state index >= 15 is 0 Å². The van der Waals surface area contributed by atoms with Gasteiger partial charge in [0.1, 0.15) is 6.07 Å². The maximum atomic E-state index is 13.0. The summed E-state index contributed by atoms with van der Waals surface area (Å²) in [5.41, 5.74) is 1.82. The molecule has 0 saturated carbocycles. The highest BCUT2D eigenvalue weighted by Crippen LogP contribution is 2.29. The second-order valence-corrected chi connectivity index (χ2v) is 9.87. The van der Waals surface area contributed by atoms with Crippen molar-refractivity contribution in [1.82, 2.24) is 9.29 Å². The molecule has 0 amide bonds. The first-order chi connectivity index (χ1) is 15.5. The molecular weight excluding hydrogens is 424 g/mol. The van der Waals surface area contributed by atoms with Gasteiger partial charge >= 0.3 is 0 Å². The fraction of sp³-hybridized carbons (Fsp3) is 0.333. The zero-order valence-corrected chi connectivity index (χ0v) is 18.8. The van der Waals surface area contributed by atoms with Gasteiger partial charge in [0.2, 0.25) is 27.5 Å². The second kappa shape index (κ2) is 9.55. The van der Waals surface area contributed by atoms with Gasteiger partial charge in [-0.25, -0.2) is 8.42 Å². The van der Waals surface area contributed by atoms with E-state index in [-0.39, 0.29) is 22.5 Å². The average Bonchev–Trinajstić information content (AvgIpc) is 3.02. The minimum Gasteiger partial charge on any atom is -0.419 e. The quantitative estimate of drug-likeness (QED) is 0.570. The maximum Gasteiger partial charge on any atom is 0.243 e. The highest BCUT2D eigenvalue weighted by atomic mass is 32.2. The fourth-order valence-corrected chi connectivity index (χ4v) is 5.36. The molecule has 1 unspecified atom stereocenters. The zero-order chi connectivity index (χ0) is 22.6. The molecule has 3 aromatic rings. The van der Waals surface area contributed by atoms with Crippen LogP contribution in [0.4, 0.5) is 5.88 Å². The Morgan fingerprint density at radius 2 is 1.69 bits per heavy atom. The molecule has 0 radical (unpaired) electrons. The lowest BCUT2D eigenvalue weighted by atomic mass is 10.1. The Kier molecular flexibility index (Phi) is 6.58. The monoisotopic (exact) mass is 450 g/mol. The van der Waals surface area contributed by atoms with Crippen LogP contribution in [0.15, 0.2) is 63.9 Å². The Labute approximate surface area is 188 Å². The predicted molar refractivity (Wildman–Crippen MR) is 122 cm³/mol. The van der Waals surface area contributed by atoms with Crippen molar-refractivity contribution in [2.24, 2.45) is 0 Å². The van der Waals surface area contributed by atoms with Gasteiger partial charge < -0.3 is 9.73 Å². The van der Waals surface area contributed by atoms with Crippen LogP contribution in [0.5, 0.6) is 0 Å². The van der Waals surface area contributed by atoms with Crippen molar-refractivity contribution < 1.29 is 12.8 Å². The standard InChI is InChI=1S/C24H26N4O3S/c1-18(19-9-5-4-6-10-19)26-24-22(17-25)27-23(31-24)20-11-13-21(14-12-20)32(29,30)28-15-7-2-3-8-16-28/h4-6,9-14,18,26H,2-3,7-8,15-16H2,1H3. The van der Waals surface area contributed by atoms with Crippen LogP contribution in [-0.2, 0) is 10.0 Å².